The molecule has 0 saturated carbocycles. The van der Waals surface area contributed by atoms with Crippen molar-refractivity contribution in [2.24, 2.45) is 0 Å². The predicted molar refractivity (Wildman–Crippen MR) is 96.3 cm³/mol. The zero-order chi connectivity index (χ0) is 18.1. The first-order chi connectivity index (χ1) is 12.6. The maximum atomic E-state index is 13.1. The van der Waals surface area contributed by atoms with E-state index in [2.05, 4.69) is 10.1 Å². The zero-order valence-electron chi connectivity index (χ0n) is 14.9. The van der Waals surface area contributed by atoms with Gasteiger partial charge in [0.05, 0.1) is 6.26 Å². The second-order valence-corrected chi connectivity index (χ2v) is 6.86. The number of hydrogen-bond acceptors (Lipinski definition) is 5. The average molecular weight is 351 g/mol. The molecule has 1 atom stereocenters. The third-order valence-corrected chi connectivity index (χ3v) is 4.69. The van der Waals surface area contributed by atoms with E-state index >= 15 is 0 Å². The molecule has 0 spiro atoms. The van der Waals surface area contributed by atoms with Crippen molar-refractivity contribution in [1.82, 2.24) is 15.0 Å². The Morgan fingerprint density at radius 1 is 1.31 bits per heavy atom. The highest BCUT2D eigenvalue weighted by atomic mass is 16.5. The van der Waals surface area contributed by atoms with Crippen LogP contribution in [0.15, 0.2) is 46.7 Å². The highest BCUT2D eigenvalue weighted by molar-refractivity contribution is 6.01. The van der Waals surface area contributed by atoms with Crippen LogP contribution in [-0.2, 0) is 4.79 Å². The number of hydrogen-bond donors (Lipinski definition) is 0. The molecule has 1 amide bonds. The number of fused-ring (bicyclic) bond motifs is 1. The van der Waals surface area contributed by atoms with Crippen molar-refractivity contribution < 1.29 is 14.1 Å². The van der Waals surface area contributed by atoms with E-state index in [1.165, 1.54) is 0 Å². The van der Waals surface area contributed by atoms with E-state index in [4.69, 9.17) is 9.26 Å². The molecule has 4 rings (SSSR count). The van der Waals surface area contributed by atoms with Gasteiger partial charge in [-0.1, -0.05) is 37.2 Å². The van der Waals surface area contributed by atoms with Gasteiger partial charge in [0.15, 0.2) is 5.82 Å². The van der Waals surface area contributed by atoms with Crippen molar-refractivity contribution in [3.63, 3.8) is 0 Å². The number of benzene rings is 1. The maximum absolute atomic E-state index is 13.1. The summed E-state index contributed by atoms with van der Waals surface area (Å²) in [4.78, 5) is 19.5. The molecular formula is C20H21N3O3. The lowest BCUT2D eigenvalue weighted by atomic mass is 10.1. The number of para-hydroxylation sites is 1. The molecule has 2 aliphatic rings. The highest BCUT2D eigenvalue weighted by Gasteiger charge is 2.35. The molecule has 1 aromatic heterocycles. The van der Waals surface area contributed by atoms with Gasteiger partial charge in [0.1, 0.15) is 11.8 Å². The molecule has 0 radical (unpaired) electrons. The van der Waals surface area contributed by atoms with Crippen LogP contribution in [0.5, 0.6) is 5.75 Å². The van der Waals surface area contributed by atoms with Gasteiger partial charge in [-0.2, -0.15) is 4.98 Å². The van der Waals surface area contributed by atoms with E-state index in [0.717, 1.165) is 24.2 Å². The van der Waals surface area contributed by atoms with Crippen molar-refractivity contribution in [3.8, 4) is 5.75 Å². The molecule has 6 nitrogen and oxygen atoms in total. The minimum Gasteiger partial charge on any atom is -0.464 e. The minimum absolute atomic E-state index is 0.0478. The van der Waals surface area contributed by atoms with Crippen LogP contribution >= 0.6 is 0 Å². The lowest BCUT2D eigenvalue weighted by Crippen LogP contribution is -2.31. The van der Waals surface area contributed by atoms with E-state index in [1.54, 1.807) is 12.3 Å². The van der Waals surface area contributed by atoms with Crippen LogP contribution in [0.2, 0.25) is 0 Å². The van der Waals surface area contributed by atoms with E-state index in [-0.39, 0.29) is 17.9 Å². The summed E-state index contributed by atoms with van der Waals surface area (Å²) < 4.78 is 11.0. The monoisotopic (exact) mass is 351 g/mol. The number of ether oxygens (including phenoxy) is 1. The van der Waals surface area contributed by atoms with Crippen LogP contribution in [0.3, 0.4) is 0 Å². The number of amides is 1. The number of carbonyl (C=O) groups is 1. The van der Waals surface area contributed by atoms with Gasteiger partial charge in [0, 0.05) is 23.6 Å². The predicted octanol–water partition coefficient (Wildman–Crippen LogP) is 3.85. The summed E-state index contributed by atoms with van der Waals surface area (Å²) in [6.45, 7) is 4.71. The maximum Gasteiger partial charge on any atom is 0.254 e. The van der Waals surface area contributed by atoms with Gasteiger partial charge < -0.3 is 14.2 Å². The molecule has 3 heterocycles. The van der Waals surface area contributed by atoms with E-state index in [1.807, 2.05) is 49.1 Å². The summed E-state index contributed by atoms with van der Waals surface area (Å²) in [5.41, 5.74) is 1.47. The summed E-state index contributed by atoms with van der Waals surface area (Å²) in [7, 11) is 0. The minimum atomic E-state index is -0.170. The Bertz CT molecular complexity index is 882. The average Bonchev–Trinajstić information content (AvgIpc) is 3.25. The molecule has 0 bridgehead atoms. The number of nitrogens with zero attached hydrogens (tertiary/aromatic N) is 3. The third-order valence-electron chi connectivity index (χ3n) is 4.69. The molecular weight excluding hydrogens is 330 g/mol. The fourth-order valence-corrected chi connectivity index (χ4v) is 3.29. The van der Waals surface area contributed by atoms with E-state index in [9.17, 15) is 4.79 Å². The van der Waals surface area contributed by atoms with Gasteiger partial charge in [-0.3, -0.25) is 4.79 Å². The SMILES string of the molecule is CC(C)c1noc(C2CCCN2C(=O)C2=Cc3ccccc3OC=C2)n1. The van der Waals surface area contributed by atoms with Crippen molar-refractivity contribution in [3.05, 3.63) is 59.5 Å². The van der Waals surface area contributed by atoms with Crippen molar-refractivity contribution in [1.29, 1.82) is 0 Å². The molecule has 134 valence electrons. The van der Waals surface area contributed by atoms with Gasteiger partial charge >= 0.3 is 0 Å². The summed E-state index contributed by atoms with van der Waals surface area (Å²) in [6.07, 6.45) is 6.88. The second kappa shape index (κ2) is 6.78. The first-order valence-electron chi connectivity index (χ1n) is 8.92. The molecule has 0 aliphatic carbocycles. The van der Waals surface area contributed by atoms with Crippen molar-refractivity contribution >= 4 is 12.0 Å². The first-order valence-corrected chi connectivity index (χ1v) is 8.92. The van der Waals surface area contributed by atoms with Gasteiger partial charge in [-0.05, 0) is 31.1 Å². The molecule has 26 heavy (non-hydrogen) atoms. The van der Waals surface area contributed by atoms with Crippen molar-refractivity contribution in [2.75, 3.05) is 6.54 Å². The van der Waals surface area contributed by atoms with E-state index in [0.29, 0.717) is 23.8 Å². The second-order valence-electron chi connectivity index (χ2n) is 6.86. The number of rotatable bonds is 3. The van der Waals surface area contributed by atoms with Crippen LogP contribution in [0.25, 0.3) is 6.08 Å². The normalized spacial score (nSPS) is 19.1. The largest absolute Gasteiger partial charge is 0.464 e. The standard InChI is InChI=1S/C20H21N3O3/c1-13(2)18-21-19(26-22-18)16-7-5-10-23(16)20(24)15-9-11-25-17-8-4-3-6-14(17)12-15/h3-4,6,8-9,11-13,16H,5,7,10H2,1-2H3. The number of likely N-dealkylation sites (tertiary alicyclic amines) is 1. The van der Waals surface area contributed by atoms with Crippen LogP contribution in [-0.4, -0.2) is 27.5 Å². The zero-order valence-corrected chi connectivity index (χ0v) is 14.9. The molecule has 1 unspecified atom stereocenters. The Balaban J connectivity index is 1.61. The third kappa shape index (κ3) is 3.03. The van der Waals surface area contributed by atoms with Gasteiger partial charge in [0.25, 0.3) is 5.91 Å². The first kappa shape index (κ1) is 16.6. The Morgan fingerprint density at radius 3 is 2.96 bits per heavy atom. The lowest BCUT2D eigenvalue weighted by molar-refractivity contribution is -0.128. The Morgan fingerprint density at radius 2 is 2.15 bits per heavy atom. The summed E-state index contributed by atoms with van der Waals surface area (Å²) >= 11 is 0. The number of aromatic nitrogens is 2. The molecule has 6 heteroatoms. The molecule has 1 saturated heterocycles. The Labute approximate surface area is 152 Å². The summed E-state index contributed by atoms with van der Waals surface area (Å²) in [5, 5.41) is 4.04. The molecule has 1 fully saturated rings. The van der Waals surface area contributed by atoms with Gasteiger partial charge in [0.2, 0.25) is 5.89 Å². The van der Waals surface area contributed by atoms with Crippen LogP contribution < -0.4 is 4.74 Å². The molecule has 2 aliphatic heterocycles. The number of carbonyl (C=O) groups excluding carboxylic acids is 1. The summed E-state index contributed by atoms with van der Waals surface area (Å²) in [6, 6.07) is 7.48. The van der Waals surface area contributed by atoms with Crippen LogP contribution in [0, 0.1) is 0 Å². The Kier molecular flexibility index (Phi) is 4.32. The van der Waals surface area contributed by atoms with Gasteiger partial charge in [-0.15, -0.1) is 0 Å². The van der Waals surface area contributed by atoms with E-state index < -0.39 is 0 Å². The highest BCUT2D eigenvalue weighted by Crippen LogP contribution is 2.34. The quantitative estimate of drug-likeness (QED) is 0.840. The lowest BCUT2D eigenvalue weighted by Gasteiger charge is -2.22. The van der Waals surface area contributed by atoms with Crippen LogP contribution in [0.4, 0.5) is 0 Å². The Hall–Kier alpha value is -2.89. The topological polar surface area (TPSA) is 68.5 Å². The molecule has 2 aromatic rings. The fraction of sp³-hybridized carbons (Fsp3) is 0.350. The van der Waals surface area contributed by atoms with Crippen LogP contribution in [0.1, 0.15) is 55.9 Å². The smallest absolute Gasteiger partial charge is 0.254 e. The molecule has 1 aromatic carbocycles. The fourth-order valence-electron chi connectivity index (χ4n) is 3.29. The summed E-state index contributed by atoms with van der Waals surface area (Å²) in [5.74, 6) is 2.08. The molecule has 0 N–H and O–H groups in total. The van der Waals surface area contributed by atoms with Gasteiger partial charge in [-0.25, -0.2) is 0 Å². The van der Waals surface area contributed by atoms with Crippen molar-refractivity contribution in [2.45, 2.75) is 38.6 Å².